The van der Waals surface area contributed by atoms with Crippen LogP contribution in [-0.2, 0) is 0 Å². The van der Waals surface area contributed by atoms with E-state index in [9.17, 15) is 4.79 Å². The summed E-state index contributed by atoms with van der Waals surface area (Å²) in [6.45, 7) is 1.78. The van der Waals surface area contributed by atoms with Gasteiger partial charge in [-0.05, 0) is 19.4 Å². The van der Waals surface area contributed by atoms with E-state index >= 15 is 0 Å². The molecule has 0 aromatic rings. The van der Waals surface area contributed by atoms with Crippen molar-refractivity contribution in [1.82, 2.24) is 10.6 Å². The van der Waals surface area contributed by atoms with Crippen molar-refractivity contribution < 1.29 is 9.90 Å². The molecule has 1 atom stereocenters. The number of carboxylic acid groups (broad SMARTS) is 1. The minimum absolute atomic E-state index is 0.117. The molecule has 58 valence electrons. The van der Waals surface area contributed by atoms with E-state index in [1.807, 2.05) is 0 Å². The quantitative estimate of drug-likeness (QED) is 0.485. The second kappa shape index (κ2) is 3.41. The van der Waals surface area contributed by atoms with Gasteiger partial charge in [0.2, 0.25) is 0 Å². The molecule has 1 rings (SSSR count). The Balaban J connectivity index is 2.19. The number of carbonyl (C=O) groups is 1. The van der Waals surface area contributed by atoms with Crippen molar-refractivity contribution in [2.24, 2.45) is 0 Å². The maximum Gasteiger partial charge on any atom is 0.404 e. The largest absolute Gasteiger partial charge is 0.465 e. The Labute approximate surface area is 59.6 Å². The smallest absolute Gasteiger partial charge is 0.404 e. The highest BCUT2D eigenvalue weighted by atomic mass is 16.4. The minimum atomic E-state index is -0.922. The Morgan fingerprint density at radius 1 is 1.70 bits per heavy atom. The molecule has 1 fully saturated rings. The predicted molar refractivity (Wildman–Crippen MR) is 37.1 cm³/mol. The van der Waals surface area contributed by atoms with Crippen LogP contribution >= 0.6 is 0 Å². The molecule has 0 spiro atoms. The van der Waals surface area contributed by atoms with E-state index in [-0.39, 0.29) is 6.04 Å². The molecular weight excluding hydrogens is 132 g/mol. The van der Waals surface area contributed by atoms with Gasteiger partial charge in [0, 0.05) is 12.6 Å². The fourth-order valence-corrected chi connectivity index (χ4v) is 1.15. The molecule has 1 aliphatic rings. The lowest BCUT2D eigenvalue weighted by Crippen LogP contribution is -2.45. The van der Waals surface area contributed by atoms with E-state index in [2.05, 4.69) is 10.6 Å². The fourth-order valence-electron chi connectivity index (χ4n) is 1.15. The zero-order chi connectivity index (χ0) is 7.40. The van der Waals surface area contributed by atoms with E-state index in [1.54, 1.807) is 0 Å². The highest BCUT2D eigenvalue weighted by Crippen LogP contribution is 2.00. The Morgan fingerprint density at radius 2 is 2.50 bits per heavy atom. The van der Waals surface area contributed by atoms with Gasteiger partial charge in [-0.15, -0.1) is 0 Å². The van der Waals surface area contributed by atoms with Crippen LogP contribution in [0.1, 0.15) is 12.8 Å². The Hall–Kier alpha value is -0.770. The summed E-state index contributed by atoms with van der Waals surface area (Å²) in [6, 6.07) is 0.117. The summed E-state index contributed by atoms with van der Waals surface area (Å²) in [5.41, 5.74) is 0. The molecule has 0 bridgehead atoms. The van der Waals surface area contributed by atoms with Gasteiger partial charge in [-0.25, -0.2) is 4.79 Å². The molecule has 1 aliphatic heterocycles. The van der Waals surface area contributed by atoms with Gasteiger partial charge in [-0.1, -0.05) is 0 Å². The average molecular weight is 144 g/mol. The third-order valence-electron chi connectivity index (χ3n) is 1.62. The number of rotatable bonds is 1. The van der Waals surface area contributed by atoms with Crippen molar-refractivity contribution in [3.8, 4) is 0 Å². The number of nitrogens with one attached hydrogen (secondary N) is 2. The highest BCUT2D eigenvalue weighted by Gasteiger charge is 2.13. The molecule has 1 unspecified atom stereocenters. The number of hydrogen-bond donors (Lipinski definition) is 3. The Kier molecular flexibility index (Phi) is 2.50. The van der Waals surface area contributed by atoms with Crippen molar-refractivity contribution in [2.45, 2.75) is 18.9 Å². The zero-order valence-corrected chi connectivity index (χ0v) is 5.76. The Bertz CT molecular complexity index is 121. The SMILES string of the molecule is O=C(O)NC1CCCNC1. The van der Waals surface area contributed by atoms with Gasteiger partial charge < -0.3 is 15.7 Å². The van der Waals surface area contributed by atoms with Gasteiger partial charge in [0.05, 0.1) is 0 Å². The summed E-state index contributed by atoms with van der Waals surface area (Å²) in [5.74, 6) is 0. The summed E-state index contributed by atoms with van der Waals surface area (Å²) in [4.78, 5) is 10.1. The van der Waals surface area contributed by atoms with Crippen LogP contribution in [0, 0.1) is 0 Å². The first-order chi connectivity index (χ1) is 4.79. The molecule has 3 N–H and O–H groups in total. The average Bonchev–Trinajstić information content (AvgIpc) is 1.88. The van der Waals surface area contributed by atoms with Crippen LogP contribution in [0.4, 0.5) is 4.79 Å². The van der Waals surface area contributed by atoms with E-state index in [4.69, 9.17) is 5.11 Å². The van der Waals surface area contributed by atoms with Crippen molar-refractivity contribution in [3.05, 3.63) is 0 Å². The lowest BCUT2D eigenvalue weighted by Gasteiger charge is -2.21. The summed E-state index contributed by atoms with van der Waals surface area (Å²) >= 11 is 0. The summed E-state index contributed by atoms with van der Waals surface area (Å²) in [6.07, 6.45) is 1.10. The molecule has 1 amide bonds. The van der Waals surface area contributed by atoms with Gasteiger partial charge in [0.15, 0.2) is 0 Å². The lowest BCUT2D eigenvalue weighted by atomic mass is 10.1. The van der Waals surface area contributed by atoms with Crippen LogP contribution in [0.25, 0.3) is 0 Å². The second-order valence-corrected chi connectivity index (χ2v) is 2.49. The van der Waals surface area contributed by atoms with Gasteiger partial charge in [-0.3, -0.25) is 0 Å². The summed E-state index contributed by atoms with van der Waals surface area (Å²) in [5, 5.41) is 13.9. The molecular formula is C6H12N2O2. The molecule has 4 nitrogen and oxygen atoms in total. The third-order valence-corrected chi connectivity index (χ3v) is 1.62. The van der Waals surface area contributed by atoms with Crippen LogP contribution in [0.15, 0.2) is 0 Å². The molecule has 0 aromatic carbocycles. The van der Waals surface area contributed by atoms with Gasteiger partial charge >= 0.3 is 6.09 Å². The topological polar surface area (TPSA) is 61.4 Å². The first kappa shape index (κ1) is 7.34. The zero-order valence-electron chi connectivity index (χ0n) is 5.76. The van der Waals surface area contributed by atoms with Gasteiger partial charge in [0.1, 0.15) is 0 Å². The van der Waals surface area contributed by atoms with E-state index in [0.29, 0.717) is 0 Å². The molecule has 10 heavy (non-hydrogen) atoms. The van der Waals surface area contributed by atoms with Crippen LogP contribution < -0.4 is 10.6 Å². The minimum Gasteiger partial charge on any atom is -0.465 e. The van der Waals surface area contributed by atoms with Gasteiger partial charge in [0.25, 0.3) is 0 Å². The lowest BCUT2D eigenvalue weighted by molar-refractivity contribution is 0.187. The number of amides is 1. The second-order valence-electron chi connectivity index (χ2n) is 2.49. The maximum absolute atomic E-state index is 10.1. The van der Waals surface area contributed by atoms with Crippen LogP contribution in [0.3, 0.4) is 0 Å². The molecule has 4 heteroatoms. The van der Waals surface area contributed by atoms with Crippen LogP contribution in [-0.4, -0.2) is 30.3 Å². The first-order valence-electron chi connectivity index (χ1n) is 3.49. The molecule has 0 radical (unpaired) electrons. The van der Waals surface area contributed by atoms with Crippen molar-refractivity contribution >= 4 is 6.09 Å². The number of hydrogen-bond acceptors (Lipinski definition) is 2. The summed E-state index contributed by atoms with van der Waals surface area (Å²) in [7, 11) is 0. The molecule has 1 saturated heterocycles. The van der Waals surface area contributed by atoms with Crippen molar-refractivity contribution in [2.75, 3.05) is 13.1 Å². The van der Waals surface area contributed by atoms with Crippen LogP contribution in [0.5, 0.6) is 0 Å². The molecule has 0 aromatic heterocycles. The maximum atomic E-state index is 10.1. The third kappa shape index (κ3) is 2.23. The van der Waals surface area contributed by atoms with Gasteiger partial charge in [-0.2, -0.15) is 0 Å². The van der Waals surface area contributed by atoms with E-state index in [0.717, 1.165) is 25.9 Å². The standard InChI is InChI=1S/C6H12N2O2/c9-6(10)8-5-2-1-3-7-4-5/h5,7-8H,1-4H2,(H,9,10). The monoisotopic (exact) mass is 144 g/mol. The first-order valence-corrected chi connectivity index (χ1v) is 3.49. The Morgan fingerprint density at radius 3 is 3.00 bits per heavy atom. The predicted octanol–water partition coefficient (Wildman–Crippen LogP) is 0.00600. The van der Waals surface area contributed by atoms with E-state index < -0.39 is 6.09 Å². The molecule has 0 aliphatic carbocycles. The number of piperidine rings is 1. The molecule has 1 heterocycles. The van der Waals surface area contributed by atoms with Crippen molar-refractivity contribution in [1.29, 1.82) is 0 Å². The molecule has 0 saturated carbocycles. The van der Waals surface area contributed by atoms with Crippen molar-refractivity contribution in [3.63, 3.8) is 0 Å². The highest BCUT2D eigenvalue weighted by molar-refractivity contribution is 5.64. The van der Waals surface area contributed by atoms with E-state index in [1.165, 1.54) is 0 Å². The fraction of sp³-hybridized carbons (Fsp3) is 0.833. The normalized spacial score (nSPS) is 25.8. The summed E-state index contributed by atoms with van der Waals surface area (Å²) < 4.78 is 0. The van der Waals surface area contributed by atoms with Crippen LogP contribution in [0.2, 0.25) is 0 Å².